The van der Waals surface area contributed by atoms with Crippen molar-refractivity contribution < 1.29 is 8.42 Å². The highest BCUT2D eigenvalue weighted by atomic mass is 35.5. The Balaban J connectivity index is 3.31. The Morgan fingerprint density at radius 1 is 1.36 bits per heavy atom. The molecule has 1 aromatic rings. The van der Waals surface area contributed by atoms with Gasteiger partial charge in [-0.15, -0.1) is 0 Å². The molecule has 0 fully saturated rings. The van der Waals surface area contributed by atoms with Crippen LogP contribution in [0, 0.1) is 0 Å². The van der Waals surface area contributed by atoms with Crippen molar-refractivity contribution in [1.29, 1.82) is 0 Å². The smallest absolute Gasteiger partial charge is 0.223 e. The summed E-state index contributed by atoms with van der Waals surface area (Å²) in [6.45, 7) is 0. The molecular weight excluding hydrogens is 211 g/mol. The number of halogens is 2. The molecule has 0 aliphatic rings. The normalized spacial score (nSPS) is 10.5. The summed E-state index contributed by atoms with van der Waals surface area (Å²) in [5.74, 6) is 0. The maximum absolute atomic E-state index is 10.4. The standard InChI is InChI=1S/C4H2Cl2N2O2S/c5-3-2(11(9)10)1-7-4(6)8-3/h1,11H. The van der Waals surface area contributed by atoms with Gasteiger partial charge in [-0.1, -0.05) is 11.6 Å². The van der Waals surface area contributed by atoms with E-state index in [0.29, 0.717) is 0 Å². The van der Waals surface area contributed by atoms with Crippen LogP contribution in [0.15, 0.2) is 11.1 Å². The molecule has 0 saturated carbocycles. The van der Waals surface area contributed by atoms with Gasteiger partial charge < -0.3 is 0 Å². The fraction of sp³-hybridized carbons (Fsp3) is 0. The van der Waals surface area contributed by atoms with Gasteiger partial charge in [0, 0.05) is 0 Å². The van der Waals surface area contributed by atoms with E-state index in [-0.39, 0.29) is 15.3 Å². The van der Waals surface area contributed by atoms with Crippen molar-refractivity contribution in [2.24, 2.45) is 0 Å². The zero-order valence-electron chi connectivity index (χ0n) is 4.99. The van der Waals surface area contributed by atoms with E-state index in [2.05, 4.69) is 9.97 Å². The van der Waals surface area contributed by atoms with Crippen LogP contribution in [0.3, 0.4) is 0 Å². The van der Waals surface area contributed by atoms with Gasteiger partial charge in [-0.05, 0) is 11.6 Å². The molecule has 0 aliphatic carbocycles. The van der Waals surface area contributed by atoms with Crippen LogP contribution >= 0.6 is 23.2 Å². The summed E-state index contributed by atoms with van der Waals surface area (Å²) >= 11 is 10.7. The molecule has 0 N–H and O–H groups in total. The molecule has 4 nitrogen and oxygen atoms in total. The average Bonchev–Trinajstić information content (AvgIpc) is 1.85. The Kier molecular flexibility index (Phi) is 2.64. The van der Waals surface area contributed by atoms with Crippen LogP contribution in [0.1, 0.15) is 0 Å². The lowest BCUT2D eigenvalue weighted by atomic mass is 10.7. The maximum Gasteiger partial charge on any atom is 0.223 e. The van der Waals surface area contributed by atoms with Crippen LogP contribution in [0.5, 0.6) is 0 Å². The van der Waals surface area contributed by atoms with Gasteiger partial charge in [0.1, 0.15) is 4.90 Å². The van der Waals surface area contributed by atoms with E-state index in [4.69, 9.17) is 23.2 Å². The van der Waals surface area contributed by atoms with E-state index in [1.54, 1.807) is 0 Å². The molecule has 0 bridgehead atoms. The predicted octanol–water partition coefficient (Wildman–Crippen LogP) is 0.754. The van der Waals surface area contributed by atoms with Crippen molar-refractivity contribution in [2.45, 2.75) is 4.90 Å². The molecule has 7 heteroatoms. The quantitative estimate of drug-likeness (QED) is 0.425. The van der Waals surface area contributed by atoms with Crippen LogP contribution in [-0.4, -0.2) is 18.4 Å². The third kappa shape index (κ3) is 2.02. The minimum absolute atomic E-state index is 0.0735. The first kappa shape index (κ1) is 8.70. The Bertz CT molecular complexity index is 344. The van der Waals surface area contributed by atoms with Crippen LogP contribution in [0.2, 0.25) is 10.4 Å². The van der Waals surface area contributed by atoms with Crippen LogP contribution < -0.4 is 0 Å². The van der Waals surface area contributed by atoms with Gasteiger partial charge in [-0.2, -0.15) is 0 Å². The number of aromatic nitrogens is 2. The number of nitrogens with zero attached hydrogens (tertiary/aromatic N) is 2. The van der Waals surface area contributed by atoms with Gasteiger partial charge in [-0.25, -0.2) is 18.4 Å². The monoisotopic (exact) mass is 212 g/mol. The lowest BCUT2D eigenvalue weighted by molar-refractivity contribution is 0.614. The summed E-state index contributed by atoms with van der Waals surface area (Å²) in [5, 5.41) is -0.225. The minimum Gasteiger partial charge on any atom is -0.227 e. The fourth-order valence-corrected chi connectivity index (χ4v) is 1.32. The van der Waals surface area contributed by atoms with Crippen molar-refractivity contribution in [2.75, 3.05) is 0 Å². The second-order valence-corrected chi connectivity index (χ2v) is 3.26. The van der Waals surface area contributed by atoms with Crippen LogP contribution in [-0.2, 0) is 10.7 Å². The van der Waals surface area contributed by atoms with E-state index < -0.39 is 10.7 Å². The van der Waals surface area contributed by atoms with E-state index in [0.717, 1.165) is 6.20 Å². The van der Waals surface area contributed by atoms with Gasteiger partial charge >= 0.3 is 0 Å². The molecule has 0 aromatic carbocycles. The van der Waals surface area contributed by atoms with Crippen molar-refractivity contribution in [1.82, 2.24) is 9.97 Å². The molecule has 0 spiro atoms. The average molecular weight is 213 g/mol. The number of thiol groups is 1. The third-order valence-corrected chi connectivity index (χ3v) is 2.21. The first-order chi connectivity index (χ1) is 5.11. The second-order valence-electron chi connectivity index (χ2n) is 1.57. The summed E-state index contributed by atoms with van der Waals surface area (Å²) in [6, 6.07) is 0. The number of rotatable bonds is 1. The fourth-order valence-electron chi connectivity index (χ4n) is 0.457. The lowest BCUT2D eigenvalue weighted by Gasteiger charge is -1.92. The van der Waals surface area contributed by atoms with Gasteiger partial charge in [-0.3, -0.25) is 0 Å². The molecule has 0 saturated heterocycles. The Morgan fingerprint density at radius 3 is 2.45 bits per heavy atom. The summed E-state index contributed by atoms with van der Waals surface area (Å²) < 4.78 is 20.7. The highest BCUT2D eigenvalue weighted by molar-refractivity contribution is 7.72. The Hall–Kier alpha value is -0.390. The molecule has 1 aromatic heterocycles. The van der Waals surface area contributed by atoms with E-state index in [1.165, 1.54) is 0 Å². The van der Waals surface area contributed by atoms with E-state index in [9.17, 15) is 8.42 Å². The van der Waals surface area contributed by atoms with Gasteiger partial charge in [0.05, 0.1) is 6.20 Å². The summed E-state index contributed by atoms with van der Waals surface area (Å²) in [5.41, 5.74) is 0. The SMILES string of the molecule is O=[SH](=O)c1cnc(Cl)nc1Cl. The predicted molar refractivity (Wildman–Crippen MR) is 40.6 cm³/mol. The van der Waals surface area contributed by atoms with Crippen molar-refractivity contribution in [3.05, 3.63) is 16.6 Å². The van der Waals surface area contributed by atoms with Gasteiger partial charge in [0.2, 0.25) is 5.28 Å². The summed E-state index contributed by atoms with van der Waals surface area (Å²) in [4.78, 5) is 6.76. The molecule has 60 valence electrons. The lowest BCUT2D eigenvalue weighted by Crippen LogP contribution is -1.89. The zero-order chi connectivity index (χ0) is 8.43. The Labute approximate surface area is 74.1 Å². The molecule has 0 radical (unpaired) electrons. The van der Waals surface area contributed by atoms with Crippen LogP contribution in [0.4, 0.5) is 0 Å². The van der Waals surface area contributed by atoms with Gasteiger partial charge in [0.25, 0.3) is 0 Å². The van der Waals surface area contributed by atoms with Crippen molar-refractivity contribution in [3.8, 4) is 0 Å². The molecule has 0 aliphatic heterocycles. The molecule has 0 atom stereocenters. The number of hydrogen-bond donors (Lipinski definition) is 1. The van der Waals surface area contributed by atoms with Gasteiger partial charge in [0.15, 0.2) is 15.9 Å². The molecule has 1 rings (SSSR count). The maximum atomic E-state index is 10.4. The highest BCUT2D eigenvalue weighted by Crippen LogP contribution is 2.14. The zero-order valence-corrected chi connectivity index (χ0v) is 7.40. The van der Waals surface area contributed by atoms with Crippen LogP contribution in [0.25, 0.3) is 0 Å². The van der Waals surface area contributed by atoms with Crippen molar-refractivity contribution in [3.63, 3.8) is 0 Å². The topological polar surface area (TPSA) is 59.9 Å². The number of hydrogen-bond acceptors (Lipinski definition) is 4. The molecule has 1 heterocycles. The summed E-state index contributed by atoms with van der Waals surface area (Å²) in [7, 11) is -2.74. The highest BCUT2D eigenvalue weighted by Gasteiger charge is 2.04. The second kappa shape index (κ2) is 3.34. The molecular formula is C4H2Cl2N2O2S. The van der Waals surface area contributed by atoms with Crippen molar-refractivity contribution >= 4 is 33.9 Å². The van der Waals surface area contributed by atoms with E-state index in [1.807, 2.05) is 0 Å². The third-order valence-electron chi connectivity index (χ3n) is 0.892. The van der Waals surface area contributed by atoms with E-state index >= 15 is 0 Å². The molecule has 0 amide bonds. The first-order valence-electron chi connectivity index (χ1n) is 2.43. The molecule has 0 unspecified atom stereocenters. The summed E-state index contributed by atoms with van der Waals surface area (Å²) in [6.07, 6.45) is 1.06. The molecule has 11 heavy (non-hydrogen) atoms. The largest absolute Gasteiger partial charge is 0.227 e. The first-order valence-corrected chi connectivity index (χ1v) is 4.37. The Morgan fingerprint density at radius 2 is 2.00 bits per heavy atom. The minimum atomic E-state index is -2.74.